The number of aryl methyl sites for hydroxylation is 2. The lowest BCUT2D eigenvalue weighted by atomic mass is 10.0. The maximum absolute atomic E-state index is 12.1. The summed E-state index contributed by atoms with van der Waals surface area (Å²) in [6.07, 6.45) is 0. The summed E-state index contributed by atoms with van der Waals surface area (Å²) in [5.74, 6) is -0.437. The molecule has 3 aromatic rings. The zero-order valence-electron chi connectivity index (χ0n) is 13.3. The van der Waals surface area contributed by atoms with Crippen LogP contribution in [0, 0.1) is 13.8 Å². The van der Waals surface area contributed by atoms with Crippen LogP contribution in [0.1, 0.15) is 27.0 Å². The summed E-state index contributed by atoms with van der Waals surface area (Å²) in [5.41, 5.74) is 3.25. The van der Waals surface area contributed by atoms with E-state index < -0.39 is 11.6 Å². The average Bonchev–Trinajstić information content (AvgIpc) is 2.54. The summed E-state index contributed by atoms with van der Waals surface area (Å²) in [5, 5.41) is 0.779. The van der Waals surface area contributed by atoms with E-state index >= 15 is 0 Å². The van der Waals surface area contributed by atoms with E-state index in [1.807, 2.05) is 26.0 Å². The molecule has 0 aliphatic carbocycles. The number of halogens is 1. The minimum atomic E-state index is -0.458. The summed E-state index contributed by atoms with van der Waals surface area (Å²) >= 11 is 3.32. The van der Waals surface area contributed by atoms with Gasteiger partial charge in [-0.1, -0.05) is 15.9 Å². The molecule has 1 aromatic heterocycles. The molecule has 0 N–H and O–H groups in total. The highest BCUT2D eigenvalue weighted by molar-refractivity contribution is 9.10. The number of carbonyl (C=O) groups is 1. The predicted molar refractivity (Wildman–Crippen MR) is 95.2 cm³/mol. The maximum atomic E-state index is 12.1. The average molecular weight is 387 g/mol. The molecule has 0 atom stereocenters. The maximum Gasteiger partial charge on any atom is 0.338 e. The first-order chi connectivity index (χ1) is 11.4. The van der Waals surface area contributed by atoms with Crippen LogP contribution in [0.5, 0.6) is 0 Å². The highest BCUT2D eigenvalue weighted by Gasteiger charge is 2.11. The van der Waals surface area contributed by atoms with Crippen molar-refractivity contribution >= 4 is 32.9 Å². The van der Waals surface area contributed by atoms with Crippen molar-refractivity contribution < 1.29 is 13.9 Å². The smallest absolute Gasteiger partial charge is 0.338 e. The van der Waals surface area contributed by atoms with Crippen LogP contribution in [-0.2, 0) is 11.3 Å². The largest absolute Gasteiger partial charge is 0.457 e. The van der Waals surface area contributed by atoms with Crippen molar-refractivity contribution in [3.05, 3.63) is 79.6 Å². The van der Waals surface area contributed by atoms with Gasteiger partial charge in [0.1, 0.15) is 12.2 Å². The topological polar surface area (TPSA) is 56.5 Å². The van der Waals surface area contributed by atoms with Crippen LogP contribution in [0.3, 0.4) is 0 Å². The van der Waals surface area contributed by atoms with E-state index in [1.165, 1.54) is 6.07 Å². The molecule has 0 aliphatic rings. The number of carbonyl (C=O) groups excluding carboxylic acids is 1. The fraction of sp³-hybridized carbons (Fsp3) is 0.158. The third kappa shape index (κ3) is 3.41. The van der Waals surface area contributed by atoms with Crippen LogP contribution in [0.25, 0.3) is 11.0 Å². The summed E-state index contributed by atoms with van der Waals surface area (Å²) in [4.78, 5) is 23.9. The van der Waals surface area contributed by atoms with Gasteiger partial charge in [-0.25, -0.2) is 9.59 Å². The van der Waals surface area contributed by atoms with Gasteiger partial charge in [0.05, 0.1) is 5.56 Å². The Bertz CT molecular complexity index is 971. The number of esters is 1. The monoisotopic (exact) mass is 386 g/mol. The van der Waals surface area contributed by atoms with E-state index in [9.17, 15) is 9.59 Å². The lowest BCUT2D eigenvalue weighted by Crippen LogP contribution is -2.08. The van der Waals surface area contributed by atoms with Crippen LogP contribution in [-0.4, -0.2) is 5.97 Å². The highest BCUT2D eigenvalue weighted by atomic mass is 79.9. The fourth-order valence-corrected chi connectivity index (χ4v) is 2.68. The highest BCUT2D eigenvalue weighted by Crippen LogP contribution is 2.22. The predicted octanol–water partition coefficient (Wildman–Crippen LogP) is 4.53. The van der Waals surface area contributed by atoms with E-state index in [-0.39, 0.29) is 6.61 Å². The number of hydrogen-bond donors (Lipinski definition) is 0. The molecule has 24 heavy (non-hydrogen) atoms. The lowest BCUT2D eigenvalue weighted by molar-refractivity contribution is 0.0474. The molecule has 0 saturated heterocycles. The third-order valence-electron chi connectivity index (χ3n) is 3.88. The Labute approximate surface area is 147 Å². The van der Waals surface area contributed by atoms with E-state index in [0.717, 1.165) is 21.0 Å². The first-order valence-electron chi connectivity index (χ1n) is 7.41. The molecule has 0 aliphatic heterocycles. The minimum Gasteiger partial charge on any atom is -0.457 e. The Morgan fingerprint density at radius 3 is 2.46 bits per heavy atom. The Morgan fingerprint density at radius 1 is 1.08 bits per heavy atom. The summed E-state index contributed by atoms with van der Waals surface area (Å²) in [6, 6.07) is 12.0. The molecule has 0 saturated carbocycles. The van der Waals surface area contributed by atoms with Crippen LogP contribution in [0.4, 0.5) is 0 Å². The Balaban J connectivity index is 1.89. The van der Waals surface area contributed by atoms with Gasteiger partial charge in [-0.2, -0.15) is 0 Å². The van der Waals surface area contributed by atoms with Crippen molar-refractivity contribution in [2.45, 2.75) is 20.5 Å². The van der Waals surface area contributed by atoms with Gasteiger partial charge in [-0.15, -0.1) is 0 Å². The SMILES string of the molecule is Cc1cc2oc(=O)cc(COC(=O)c3ccc(Br)cc3)c2cc1C. The van der Waals surface area contributed by atoms with E-state index in [4.69, 9.17) is 9.15 Å². The first-order valence-corrected chi connectivity index (χ1v) is 8.20. The van der Waals surface area contributed by atoms with Crippen molar-refractivity contribution in [3.63, 3.8) is 0 Å². The third-order valence-corrected chi connectivity index (χ3v) is 4.41. The minimum absolute atomic E-state index is 0.0134. The molecule has 0 unspecified atom stereocenters. The molecular formula is C19H15BrO4. The zero-order valence-corrected chi connectivity index (χ0v) is 14.8. The van der Waals surface area contributed by atoms with Crippen LogP contribution in [0.2, 0.25) is 0 Å². The molecule has 0 radical (unpaired) electrons. The van der Waals surface area contributed by atoms with Crippen molar-refractivity contribution in [2.24, 2.45) is 0 Å². The van der Waals surface area contributed by atoms with Gasteiger partial charge in [0.2, 0.25) is 0 Å². The van der Waals surface area contributed by atoms with Gasteiger partial charge >= 0.3 is 11.6 Å². The Morgan fingerprint density at radius 2 is 1.75 bits per heavy atom. The van der Waals surface area contributed by atoms with Crippen LogP contribution >= 0.6 is 15.9 Å². The van der Waals surface area contributed by atoms with E-state index in [1.54, 1.807) is 24.3 Å². The molecule has 4 nitrogen and oxygen atoms in total. The molecule has 0 amide bonds. The second kappa shape index (κ2) is 6.61. The van der Waals surface area contributed by atoms with E-state index in [2.05, 4.69) is 15.9 Å². The molecule has 3 rings (SSSR count). The molecule has 5 heteroatoms. The van der Waals surface area contributed by atoms with Crippen molar-refractivity contribution in [1.29, 1.82) is 0 Å². The number of benzene rings is 2. The normalized spacial score (nSPS) is 10.8. The Hall–Kier alpha value is -2.40. The summed E-state index contributed by atoms with van der Waals surface area (Å²) in [6.45, 7) is 3.95. The fourth-order valence-electron chi connectivity index (χ4n) is 2.41. The molecule has 0 fully saturated rings. The molecule has 2 aromatic carbocycles. The first kappa shape index (κ1) is 16.5. The number of ether oxygens (including phenoxy) is 1. The zero-order chi connectivity index (χ0) is 17.3. The molecule has 0 bridgehead atoms. The standard InChI is InChI=1S/C19H15BrO4/c1-11-7-16-14(9-18(21)24-17(16)8-12(11)2)10-23-19(22)13-3-5-15(20)6-4-13/h3-9H,10H2,1-2H3. The quantitative estimate of drug-likeness (QED) is 0.490. The summed E-state index contributed by atoms with van der Waals surface area (Å²) < 4.78 is 11.5. The van der Waals surface area contributed by atoms with Gasteiger partial charge in [0.25, 0.3) is 0 Å². The van der Waals surface area contributed by atoms with Gasteiger partial charge in [-0.05, 0) is 61.4 Å². The Kier molecular flexibility index (Phi) is 4.53. The van der Waals surface area contributed by atoms with Crippen molar-refractivity contribution in [2.75, 3.05) is 0 Å². The van der Waals surface area contributed by atoms with Crippen LogP contribution in [0.15, 0.2) is 56.1 Å². The molecule has 0 spiro atoms. The second-order valence-corrected chi connectivity index (χ2v) is 6.52. The van der Waals surface area contributed by atoms with Crippen LogP contribution < -0.4 is 5.63 Å². The second-order valence-electron chi connectivity index (χ2n) is 5.61. The van der Waals surface area contributed by atoms with Crippen molar-refractivity contribution in [1.82, 2.24) is 0 Å². The molecule has 122 valence electrons. The lowest BCUT2D eigenvalue weighted by Gasteiger charge is -2.09. The van der Waals surface area contributed by atoms with Crippen molar-refractivity contribution in [3.8, 4) is 0 Å². The molecule has 1 heterocycles. The van der Waals surface area contributed by atoms with Gasteiger partial charge in [0, 0.05) is 21.5 Å². The van der Waals surface area contributed by atoms with E-state index in [0.29, 0.717) is 16.7 Å². The number of rotatable bonds is 3. The van der Waals surface area contributed by atoms with Gasteiger partial charge in [-0.3, -0.25) is 0 Å². The van der Waals surface area contributed by atoms with Gasteiger partial charge < -0.3 is 9.15 Å². The summed E-state index contributed by atoms with van der Waals surface area (Å²) in [7, 11) is 0. The number of fused-ring (bicyclic) bond motifs is 1. The molecular weight excluding hydrogens is 372 g/mol. The van der Waals surface area contributed by atoms with Gasteiger partial charge in [0.15, 0.2) is 0 Å². The number of hydrogen-bond acceptors (Lipinski definition) is 4.